The van der Waals surface area contributed by atoms with Gasteiger partial charge in [-0.05, 0) is 0 Å². The summed E-state index contributed by atoms with van der Waals surface area (Å²) < 4.78 is 25.0. The molecule has 13 heavy (non-hydrogen) atoms. The van der Waals surface area contributed by atoms with Gasteiger partial charge in [-0.3, -0.25) is 0 Å². The number of hydrogen-bond donors (Lipinski definition) is 2. The first kappa shape index (κ1) is 8.74. The fourth-order valence-corrected chi connectivity index (χ4v) is 2.26. The summed E-state index contributed by atoms with van der Waals surface area (Å²) in [5, 5.41) is 3.11. The average Bonchev–Trinajstić information content (AvgIpc) is 2.02. The van der Waals surface area contributed by atoms with Crippen LogP contribution < -0.4 is 10.0 Å². The Bertz CT molecular complexity index is 445. The molecule has 0 radical (unpaired) electrons. The van der Waals surface area contributed by atoms with Crippen molar-refractivity contribution in [2.75, 3.05) is 12.0 Å². The third-order valence-electron chi connectivity index (χ3n) is 1.66. The number of fused-ring (bicyclic) bond motifs is 1. The van der Waals surface area contributed by atoms with Crippen molar-refractivity contribution in [2.24, 2.45) is 0 Å². The van der Waals surface area contributed by atoms with Gasteiger partial charge in [0.2, 0.25) is 10.0 Å². The summed E-state index contributed by atoms with van der Waals surface area (Å²) in [4.78, 5) is 3.82. The number of halogens is 1. The molecule has 0 amide bonds. The van der Waals surface area contributed by atoms with E-state index in [2.05, 4.69) is 15.0 Å². The van der Waals surface area contributed by atoms with E-state index in [1.165, 1.54) is 12.3 Å². The first-order valence-electron chi connectivity index (χ1n) is 3.49. The molecule has 0 aromatic carbocycles. The molecule has 0 fully saturated rings. The fraction of sp³-hybridized carbons (Fsp3) is 0.167. The lowest BCUT2D eigenvalue weighted by atomic mass is 10.4. The van der Waals surface area contributed by atoms with Gasteiger partial charge in [-0.1, -0.05) is 11.6 Å². The van der Waals surface area contributed by atoms with Gasteiger partial charge in [0.15, 0.2) is 0 Å². The predicted molar refractivity (Wildman–Crippen MR) is 48.1 cm³/mol. The Labute approximate surface area is 80.2 Å². The Morgan fingerprint density at radius 1 is 1.54 bits per heavy atom. The van der Waals surface area contributed by atoms with E-state index >= 15 is 0 Å². The molecule has 0 atom stereocenters. The summed E-state index contributed by atoms with van der Waals surface area (Å²) in [5.74, 6) is 0. The highest BCUT2D eigenvalue weighted by molar-refractivity contribution is 7.89. The molecule has 0 saturated carbocycles. The molecule has 70 valence electrons. The number of rotatable bonds is 0. The SMILES string of the molecule is O=S1(=O)NCNc2cc(Cl)ncc21. The van der Waals surface area contributed by atoms with E-state index in [1.807, 2.05) is 0 Å². The third kappa shape index (κ3) is 1.48. The number of sulfonamides is 1. The van der Waals surface area contributed by atoms with E-state index in [0.717, 1.165) is 0 Å². The van der Waals surface area contributed by atoms with Crippen molar-refractivity contribution >= 4 is 27.3 Å². The van der Waals surface area contributed by atoms with Crippen molar-refractivity contribution in [3.05, 3.63) is 17.4 Å². The molecule has 1 aromatic rings. The minimum absolute atomic E-state index is 0.128. The highest BCUT2D eigenvalue weighted by Crippen LogP contribution is 2.24. The molecule has 2 heterocycles. The largest absolute Gasteiger partial charge is 0.370 e. The quantitative estimate of drug-likeness (QED) is 0.620. The summed E-state index contributed by atoms with van der Waals surface area (Å²) in [6.45, 7) is 0.176. The van der Waals surface area contributed by atoms with E-state index in [0.29, 0.717) is 5.69 Å². The molecular weight excluding hydrogens is 214 g/mol. The zero-order chi connectivity index (χ0) is 9.47. The van der Waals surface area contributed by atoms with Crippen LogP contribution in [-0.4, -0.2) is 20.1 Å². The van der Waals surface area contributed by atoms with E-state index in [1.54, 1.807) is 0 Å². The molecule has 0 saturated heterocycles. The lowest BCUT2D eigenvalue weighted by Crippen LogP contribution is -2.34. The molecular formula is C6H6ClN3O2S. The number of anilines is 1. The minimum atomic E-state index is -3.39. The second-order valence-corrected chi connectivity index (χ2v) is 4.63. The Morgan fingerprint density at radius 3 is 3.08 bits per heavy atom. The molecule has 1 aliphatic rings. The zero-order valence-corrected chi connectivity index (χ0v) is 7.98. The summed E-state index contributed by atoms with van der Waals surface area (Å²) in [6.07, 6.45) is 1.23. The van der Waals surface area contributed by atoms with E-state index in [9.17, 15) is 8.42 Å². The maximum absolute atomic E-state index is 11.4. The standard InChI is InChI=1S/C6H6ClN3O2S/c7-6-1-4-5(2-8-6)13(11,12)10-3-9-4/h1-2,9-10H,3H2. The van der Waals surface area contributed by atoms with Crippen LogP contribution in [0.1, 0.15) is 0 Å². The minimum Gasteiger partial charge on any atom is -0.370 e. The molecule has 7 heteroatoms. The van der Waals surface area contributed by atoms with Crippen LogP contribution in [0.2, 0.25) is 5.15 Å². The third-order valence-corrected chi connectivity index (χ3v) is 3.30. The first-order valence-corrected chi connectivity index (χ1v) is 5.35. The van der Waals surface area contributed by atoms with Gasteiger partial charge in [0.25, 0.3) is 0 Å². The van der Waals surface area contributed by atoms with Gasteiger partial charge in [0.05, 0.1) is 18.6 Å². The van der Waals surface area contributed by atoms with E-state index in [4.69, 9.17) is 11.6 Å². The van der Waals surface area contributed by atoms with Crippen LogP contribution in [0.5, 0.6) is 0 Å². The van der Waals surface area contributed by atoms with Crippen molar-refractivity contribution < 1.29 is 8.42 Å². The Morgan fingerprint density at radius 2 is 2.31 bits per heavy atom. The molecule has 1 aromatic heterocycles. The second-order valence-electron chi connectivity index (χ2n) is 2.50. The van der Waals surface area contributed by atoms with Crippen molar-refractivity contribution in [1.29, 1.82) is 0 Å². The van der Waals surface area contributed by atoms with Gasteiger partial charge < -0.3 is 5.32 Å². The topological polar surface area (TPSA) is 71.1 Å². The second kappa shape index (κ2) is 2.83. The normalized spacial score (nSPS) is 18.8. The van der Waals surface area contributed by atoms with E-state index in [-0.39, 0.29) is 16.7 Å². The maximum Gasteiger partial charge on any atom is 0.245 e. The lowest BCUT2D eigenvalue weighted by Gasteiger charge is -2.18. The summed E-state index contributed by atoms with van der Waals surface area (Å²) in [7, 11) is -3.39. The highest BCUT2D eigenvalue weighted by atomic mass is 35.5. The van der Waals surface area contributed by atoms with Crippen molar-refractivity contribution in [1.82, 2.24) is 9.71 Å². The Balaban J connectivity index is 2.66. The van der Waals surface area contributed by atoms with Crippen molar-refractivity contribution in [3.8, 4) is 0 Å². The Hall–Kier alpha value is -0.850. The summed E-state index contributed by atoms with van der Waals surface area (Å²) in [6, 6.07) is 1.48. The monoisotopic (exact) mass is 219 g/mol. The van der Waals surface area contributed by atoms with Crippen LogP contribution in [0.3, 0.4) is 0 Å². The fourth-order valence-electron chi connectivity index (χ4n) is 1.07. The smallest absolute Gasteiger partial charge is 0.245 e. The zero-order valence-electron chi connectivity index (χ0n) is 6.41. The number of nitrogens with one attached hydrogen (secondary N) is 2. The average molecular weight is 220 g/mol. The molecule has 0 unspecified atom stereocenters. The van der Waals surface area contributed by atoms with Crippen LogP contribution in [0.25, 0.3) is 0 Å². The van der Waals surface area contributed by atoms with Crippen LogP contribution in [-0.2, 0) is 10.0 Å². The number of pyridine rings is 1. The number of hydrogen-bond acceptors (Lipinski definition) is 4. The van der Waals surface area contributed by atoms with Crippen LogP contribution in [0.15, 0.2) is 17.2 Å². The van der Waals surface area contributed by atoms with Crippen LogP contribution in [0.4, 0.5) is 5.69 Å². The molecule has 2 N–H and O–H groups in total. The van der Waals surface area contributed by atoms with Gasteiger partial charge in [-0.15, -0.1) is 0 Å². The van der Waals surface area contributed by atoms with Gasteiger partial charge in [-0.2, -0.15) is 4.72 Å². The molecule has 2 rings (SSSR count). The van der Waals surface area contributed by atoms with Gasteiger partial charge >= 0.3 is 0 Å². The first-order chi connectivity index (χ1) is 6.09. The lowest BCUT2D eigenvalue weighted by molar-refractivity contribution is 0.581. The summed E-state index contributed by atoms with van der Waals surface area (Å²) in [5.41, 5.74) is 0.485. The molecule has 0 spiro atoms. The molecule has 1 aliphatic heterocycles. The van der Waals surface area contributed by atoms with Crippen LogP contribution >= 0.6 is 11.6 Å². The summed E-state index contributed by atoms with van der Waals surface area (Å²) >= 11 is 5.60. The molecule has 5 nitrogen and oxygen atoms in total. The van der Waals surface area contributed by atoms with Gasteiger partial charge in [-0.25, -0.2) is 13.4 Å². The number of nitrogens with zero attached hydrogens (tertiary/aromatic N) is 1. The highest BCUT2D eigenvalue weighted by Gasteiger charge is 2.22. The maximum atomic E-state index is 11.4. The molecule has 0 aliphatic carbocycles. The van der Waals surface area contributed by atoms with Crippen molar-refractivity contribution in [2.45, 2.75) is 4.90 Å². The molecule has 0 bridgehead atoms. The van der Waals surface area contributed by atoms with Crippen LogP contribution in [0, 0.1) is 0 Å². The van der Waals surface area contributed by atoms with Crippen molar-refractivity contribution in [3.63, 3.8) is 0 Å². The Kier molecular flexibility index (Phi) is 1.90. The van der Waals surface area contributed by atoms with Gasteiger partial charge in [0.1, 0.15) is 10.0 Å². The van der Waals surface area contributed by atoms with E-state index < -0.39 is 10.0 Å². The number of aromatic nitrogens is 1. The van der Waals surface area contributed by atoms with Gasteiger partial charge in [0, 0.05) is 6.07 Å². The predicted octanol–water partition coefficient (Wildman–Crippen LogP) is 0.396.